The lowest BCUT2D eigenvalue weighted by Crippen LogP contribution is -2.29. The Labute approximate surface area is 187 Å². The molecule has 0 atom stereocenters. The van der Waals surface area contributed by atoms with Gasteiger partial charge in [0.1, 0.15) is 5.15 Å². The molecule has 0 fully saturated rings. The Morgan fingerprint density at radius 3 is 2.68 bits per heavy atom. The number of carbonyl (C=O) groups is 1. The van der Waals surface area contributed by atoms with Crippen LogP contribution in [-0.2, 0) is 17.9 Å². The van der Waals surface area contributed by atoms with E-state index in [0.29, 0.717) is 30.4 Å². The minimum absolute atomic E-state index is 0.194. The van der Waals surface area contributed by atoms with E-state index in [4.69, 9.17) is 16.9 Å². The van der Waals surface area contributed by atoms with Crippen molar-refractivity contribution >= 4 is 23.6 Å². The monoisotopic (exact) mass is 433 g/mol. The maximum absolute atomic E-state index is 12.8. The number of carbonyl (C=O) groups excluding carboxylic acids is 1. The lowest BCUT2D eigenvalue weighted by atomic mass is 10.1. The van der Waals surface area contributed by atoms with Gasteiger partial charge in [0.2, 0.25) is 5.91 Å². The number of nitriles is 1. The molecular formula is C24H24ClN5O. The molecule has 0 spiro atoms. The van der Waals surface area contributed by atoms with Crippen LogP contribution in [0.3, 0.4) is 0 Å². The van der Waals surface area contributed by atoms with Crippen LogP contribution in [0, 0.1) is 25.2 Å². The van der Waals surface area contributed by atoms with Gasteiger partial charge in [-0.25, -0.2) is 4.68 Å². The molecule has 31 heavy (non-hydrogen) atoms. The number of hydrogen-bond donors (Lipinski definition) is 0. The number of benzene rings is 1. The summed E-state index contributed by atoms with van der Waals surface area (Å²) in [5.41, 5.74) is 4.66. The fraction of sp³-hybridized carbons (Fsp3) is 0.250. The van der Waals surface area contributed by atoms with Crippen molar-refractivity contribution in [3.05, 3.63) is 88.0 Å². The van der Waals surface area contributed by atoms with Crippen LogP contribution in [0.4, 0.5) is 0 Å². The molecule has 0 N–H and O–H groups in total. The van der Waals surface area contributed by atoms with Gasteiger partial charge >= 0.3 is 0 Å². The fourth-order valence-electron chi connectivity index (χ4n) is 3.15. The van der Waals surface area contributed by atoms with Crippen molar-refractivity contribution in [1.82, 2.24) is 19.7 Å². The Bertz CT molecular complexity index is 1100. The molecule has 158 valence electrons. The van der Waals surface area contributed by atoms with Crippen molar-refractivity contribution in [2.45, 2.75) is 33.4 Å². The van der Waals surface area contributed by atoms with Gasteiger partial charge in [0, 0.05) is 37.1 Å². The van der Waals surface area contributed by atoms with Crippen LogP contribution < -0.4 is 0 Å². The second-order valence-electron chi connectivity index (χ2n) is 7.30. The molecule has 6 nitrogen and oxygen atoms in total. The molecule has 7 heteroatoms. The van der Waals surface area contributed by atoms with Crippen molar-refractivity contribution < 1.29 is 4.79 Å². The number of hydrogen-bond acceptors (Lipinski definition) is 4. The van der Waals surface area contributed by atoms with Gasteiger partial charge in [0.25, 0.3) is 0 Å². The average Bonchev–Trinajstić information content (AvgIpc) is 3.04. The van der Waals surface area contributed by atoms with E-state index in [2.05, 4.69) is 28.3 Å². The standard InChI is InChI=1S/C24H24ClN5O/c1-18-6-8-20(9-7-18)17-30-24(25)22(19(2)28-30)10-11-23(31)29(14-4-12-26)16-21-5-3-13-27-15-21/h3,5-11,13,15H,4,14,16-17H2,1-2H3/b11-10+. The Morgan fingerprint density at radius 2 is 2.00 bits per heavy atom. The second kappa shape index (κ2) is 10.6. The second-order valence-corrected chi connectivity index (χ2v) is 7.65. The molecule has 1 amide bonds. The number of amides is 1. The summed E-state index contributed by atoms with van der Waals surface area (Å²) in [6, 6.07) is 14.0. The first-order valence-corrected chi connectivity index (χ1v) is 10.4. The van der Waals surface area contributed by atoms with Gasteiger partial charge in [0.15, 0.2) is 0 Å². The van der Waals surface area contributed by atoms with E-state index in [1.54, 1.807) is 28.1 Å². The molecular weight excluding hydrogens is 410 g/mol. The highest BCUT2D eigenvalue weighted by molar-refractivity contribution is 6.31. The molecule has 0 aliphatic heterocycles. The highest BCUT2D eigenvalue weighted by atomic mass is 35.5. The third kappa shape index (κ3) is 6.03. The zero-order valence-corrected chi connectivity index (χ0v) is 18.4. The van der Waals surface area contributed by atoms with Crippen molar-refractivity contribution in [2.75, 3.05) is 6.54 Å². The molecule has 0 aliphatic carbocycles. The van der Waals surface area contributed by atoms with Crippen LogP contribution >= 0.6 is 11.6 Å². The number of pyridine rings is 1. The van der Waals surface area contributed by atoms with E-state index < -0.39 is 0 Å². The van der Waals surface area contributed by atoms with Crippen LogP contribution in [0.5, 0.6) is 0 Å². The SMILES string of the molecule is Cc1ccc(Cn2nc(C)c(/C=C/C(=O)N(CCC#N)Cc3cccnc3)c2Cl)cc1. The normalized spacial score (nSPS) is 10.9. The predicted octanol–water partition coefficient (Wildman–Crippen LogP) is 4.55. The zero-order chi connectivity index (χ0) is 22.2. The maximum atomic E-state index is 12.8. The number of halogens is 1. The van der Waals surface area contributed by atoms with E-state index in [1.165, 1.54) is 11.6 Å². The molecule has 0 saturated heterocycles. The third-order valence-corrected chi connectivity index (χ3v) is 5.26. The van der Waals surface area contributed by atoms with Crippen molar-refractivity contribution in [3.63, 3.8) is 0 Å². The minimum atomic E-state index is -0.194. The summed E-state index contributed by atoms with van der Waals surface area (Å²) in [6.07, 6.45) is 6.84. The van der Waals surface area contributed by atoms with Crippen molar-refractivity contribution in [3.8, 4) is 6.07 Å². The van der Waals surface area contributed by atoms with Crippen LogP contribution in [0.15, 0.2) is 54.9 Å². The highest BCUT2D eigenvalue weighted by Crippen LogP contribution is 2.22. The Morgan fingerprint density at radius 1 is 1.23 bits per heavy atom. The number of aromatic nitrogens is 3. The summed E-state index contributed by atoms with van der Waals surface area (Å²) in [5, 5.41) is 13.9. The van der Waals surface area contributed by atoms with Gasteiger partial charge in [-0.3, -0.25) is 9.78 Å². The molecule has 3 rings (SSSR count). The van der Waals surface area contributed by atoms with Gasteiger partial charge in [0.05, 0.1) is 24.7 Å². The first-order chi connectivity index (χ1) is 15.0. The molecule has 0 unspecified atom stereocenters. The van der Waals surface area contributed by atoms with Crippen molar-refractivity contribution in [2.24, 2.45) is 0 Å². The van der Waals surface area contributed by atoms with E-state index in [9.17, 15) is 4.79 Å². The minimum Gasteiger partial charge on any atom is -0.334 e. The average molecular weight is 434 g/mol. The summed E-state index contributed by atoms with van der Waals surface area (Å²) in [5.74, 6) is -0.194. The highest BCUT2D eigenvalue weighted by Gasteiger charge is 2.14. The Balaban J connectivity index is 1.75. The predicted molar refractivity (Wildman–Crippen MR) is 121 cm³/mol. The smallest absolute Gasteiger partial charge is 0.246 e. The van der Waals surface area contributed by atoms with Crippen LogP contribution in [0.1, 0.15) is 34.4 Å². The molecule has 1 aromatic carbocycles. The van der Waals surface area contributed by atoms with Crippen molar-refractivity contribution in [1.29, 1.82) is 5.26 Å². The van der Waals surface area contributed by atoms with Gasteiger partial charge < -0.3 is 4.90 Å². The van der Waals surface area contributed by atoms with Gasteiger partial charge in [-0.1, -0.05) is 47.5 Å². The molecule has 0 bridgehead atoms. The first-order valence-electron chi connectivity index (χ1n) is 9.99. The lowest BCUT2D eigenvalue weighted by Gasteiger charge is -2.19. The lowest BCUT2D eigenvalue weighted by molar-refractivity contribution is -0.126. The summed E-state index contributed by atoms with van der Waals surface area (Å²) in [7, 11) is 0. The quantitative estimate of drug-likeness (QED) is 0.488. The molecule has 0 radical (unpaired) electrons. The summed E-state index contributed by atoms with van der Waals surface area (Å²) < 4.78 is 1.73. The topological polar surface area (TPSA) is 74.8 Å². The number of nitrogens with zero attached hydrogens (tertiary/aromatic N) is 5. The zero-order valence-electron chi connectivity index (χ0n) is 17.6. The van der Waals surface area contributed by atoms with E-state index in [0.717, 1.165) is 16.8 Å². The van der Waals surface area contributed by atoms with Gasteiger partial charge in [-0.15, -0.1) is 0 Å². The first kappa shape index (κ1) is 22.3. The summed E-state index contributed by atoms with van der Waals surface area (Å²) in [4.78, 5) is 18.5. The Hall–Kier alpha value is -3.43. The van der Waals surface area contributed by atoms with E-state index in [1.807, 2.05) is 38.1 Å². The number of rotatable bonds is 8. The van der Waals surface area contributed by atoms with Gasteiger partial charge in [-0.05, 0) is 37.1 Å². The molecule has 0 saturated carbocycles. The van der Waals surface area contributed by atoms with Gasteiger partial charge in [-0.2, -0.15) is 10.4 Å². The van der Waals surface area contributed by atoms with E-state index >= 15 is 0 Å². The van der Waals surface area contributed by atoms with E-state index in [-0.39, 0.29) is 12.3 Å². The third-order valence-electron chi connectivity index (χ3n) is 4.86. The Kier molecular flexibility index (Phi) is 7.58. The van der Waals surface area contributed by atoms with Crippen LogP contribution in [0.2, 0.25) is 5.15 Å². The number of aryl methyl sites for hydroxylation is 2. The molecule has 3 aromatic rings. The molecule has 2 aromatic heterocycles. The summed E-state index contributed by atoms with van der Waals surface area (Å²) >= 11 is 6.56. The van der Waals surface area contributed by atoms with Crippen LogP contribution in [0.25, 0.3) is 6.08 Å². The maximum Gasteiger partial charge on any atom is 0.246 e. The molecule has 0 aliphatic rings. The fourth-order valence-corrected chi connectivity index (χ4v) is 3.45. The van der Waals surface area contributed by atoms with Crippen LogP contribution in [-0.4, -0.2) is 32.1 Å². The summed E-state index contributed by atoms with van der Waals surface area (Å²) in [6.45, 7) is 5.19. The largest absolute Gasteiger partial charge is 0.334 e. The molecule has 2 heterocycles.